The Morgan fingerprint density at radius 1 is 0.909 bits per heavy atom. The Bertz CT molecular complexity index is 1350. The number of nitrogens with zero attached hydrogens (tertiary/aromatic N) is 2. The Labute approximate surface area is 193 Å². The number of fused-ring (bicyclic) bond motifs is 2. The minimum absolute atomic E-state index is 0.0696. The van der Waals surface area contributed by atoms with Gasteiger partial charge >= 0.3 is 0 Å². The Balaban J connectivity index is 1.64. The van der Waals surface area contributed by atoms with Gasteiger partial charge in [-0.25, -0.2) is 0 Å². The van der Waals surface area contributed by atoms with Gasteiger partial charge in [0, 0.05) is 48.0 Å². The minimum Gasteiger partial charge on any atom is -0.350 e. The number of nitrogens with one attached hydrogen (secondary N) is 1. The fourth-order valence-electron chi connectivity index (χ4n) is 5.00. The van der Waals surface area contributed by atoms with E-state index in [0.29, 0.717) is 5.56 Å². The number of aryl methyl sites for hydroxylation is 2. The van der Waals surface area contributed by atoms with Crippen molar-refractivity contribution in [3.8, 4) is 0 Å². The number of amides is 2. The fourth-order valence-corrected chi connectivity index (χ4v) is 5.00. The maximum Gasteiger partial charge on any atom is 0.254 e. The van der Waals surface area contributed by atoms with Crippen molar-refractivity contribution in [1.29, 1.82) is 0 Å². The molecule has 5 rings (SSSR count). The molecular formula is C28H27N3O2. The molecule has 33 heavy (non-hydrogen) atoms. The number of benzene rings is 3. The zero-order chi connectivity index (χ0) is 23.1. The smallest absolute Gasteiger partial charge is 0.254 e. The zero-order valence-corrected chi connectivity index (χ0v) is 19.1. The van der Waals surface area contributed by atoms with Crippen molar-refractivity contribution >= 4 is 28.4 Å². The zero-order valence-electron chi connectivity index (χ0n) is 19.1. The highest BCUT2D eigenvalue weighted by atomic mass is 16.2. The van der Waals surface area contributed by atoms with Crippen LogP contribution in [0.4, 0.5) is 5.69 Å². The van der Waals surface area contributed by atoms with Crippen molar-refractivity contribution in [1.82, 2.24) is 9.47 Å². The molecule has 1 aliphatic heterocycles. The largest absolute Gasteiger partial charge is 0.350 e. The molecule has 2 amide bonds. The first-order valence-electron chi connectivity index (χ1n) is 11.3. The molecule has 2 heterocycles. The lowest BCUT2D eigenvalue weighted by Crippen LogP contribution is -2.44. The Hall–Kier alpha value is -3.86. The van der Waals surface area contributed by atoms with Crippen molar-refractivity contribution in [2.24, 2.45) is 7.05 Å². The van der Waals surface area contributed by atoms with Crippen molar-refractivity contribution < 1.29 is 9.59 Å². The summed E-state index contributed by atoms with van der Waals surface area (Å²) in [4.78, 5) is 28.9. The predicted octanol–water partition coefficient (Wildman–Crippen LogP) is 5.29. The van der Waals surface area contributed by atoms with Crippen LogP contribution in [-0.2, 0) is 18.3 Å². The average molecular weight is 438 g/mol. The third-order valence-electron chi connectivity index (χ3n) is 6.74. The van der Waals surface area contributed by atoms with Crippen molar-refractivity contribution in [3.63, 3.8) is 0 Å². The molecular weight excluding hydrogens is 410 g/mol. The van der Waals surface area contributed by atoms with Gasteiger partial charge in [0.15, 0.2) is 0 Å². The summed E-state index contributed by atoms with van der Waals surface area (Å²) in [6, 6.07) is 23.1. The van der Waals surface area contributed by atoms with E-state index in [1.54, 1.807) is 11.9 Å². The van der Waals surface area contributed by atoms with Gasteiger partial charge in [-0.3, -0.25) is 9.59 Å². The molecule has 5 heteroatoms. The van der Waals surface area contributed by atoms with E-state index in [-0.39, 0.29) is 11.8 Å². The van der Waals surface area contributed by atoms with Gasteiger partial charge in [0.25, 0.3) is 5.91 Å². The van der Waals surface area contributed by atoms with Crippen LogP contribution in [0.25, 0.3) is 10.9 Å². The lowest BCUT2D eigenvalue weighted by atomic mass is 9.79. The van der Waals surface area contributed by atoms with Crippen LogP contribution in [0.15, 0.2) is 79.0 Å². The summed E-state index contributed by atoms with van der Waals surface area (Å²) >= 11 is 0. The van der Waals surface area contributed by atoms with E-state index >= 15 is 0 Å². The summed E-state index contributed by atoms with van der Waals surface area (Å²) in [5.41, 5.74) is 5.36. The average Bonchev–Trinajstić information content (AvgIpc) is 3.18. The van der Waals surface area contributed by atoms with Gasteiger partial charge < -0.3 is 14.8 Å². The lowest BCUT2D eigenvalue weighted by Gasteiger charge is -2.39. The van der Waals surface area contributed by atoms with E-state index in [2.05, 4.69) is 28.9 Å². The van der Waals surface area contributed by atoms with Gasteiger partial charge in [0.05, 0.1) is 12.0 Å². The maximum atomic E-state index is 13.8. The highest BCUT2D eigenvalue weighted by molar-refractivity contribution is 6.05. The molecule has 1 aliphatic rings. The monoisotopic (exact) mass is 437 g/mol. The van der Waals surface area contributed by atoms with E-state index in [1.807, 2.05) is 73.9 Å². The molecule has 2 unspecified atom stereocenters. The quantitative estimate of drug-likeness (QED) is 0.472. The van der Waals surface area contributed by atoms with E-state index in [4.69, 9.17) is 0 Å². The number of hydrogen-bond acceptors (Lipinski definition) is 2. The first-order chi connectivity index (χ1) is 16.0. The van der Waals surface area contributed by atoms with E-state index < -0.39 is 12.0 Å². The van der Waals surface area contributed by atoms with E-state index in [9.17, 15) is 9.59 Å². The third-order valence-corrected chi connectivity index (χ3v) is 6.74. The topological polar surface area (TPSA) is 54.3 Å². The second-order valence-electron chi connectivity index (χ2n) is 8.68. The second-order valence-corrected chi connectivity index (χ2v) is 8.68. The molecule has 0 bridgehead atoms. The third kappa shape index (κ3) is 3.50. The number of para-hydroxylation sites is 1. The van der Waals surface area contributed by atoms with Crippen LogP contribution in [0.1, 0.15) is 45.9 Å². The molecule has 1 aromatic heterocycles. The summed E-state index contributed by atoms with van der Waals surface area (Å²) in [6.07, 6.45) is 2.99. The summed E-state index contributed by atoms with van der Waals surface area (Å²) in [5, 5.41) is 4.16. The number of rotatable bonds is 4. The maximum absolute atomic E-state index is 13.8. The molecule has 0 saturated carbocycles. The summed E-state index contributed by atoms with van der Waals surface area (Å²) in [7, 11) is 3.79. The summed E-state index contributed by atoms with van der Waals surface area (Å²) in [5.74, 6) is -0.732. The van der Waals surface area contributed by atoms with Crippen LogP contribution in [0.3, 0.4) is 0 Å². The standard InChI is InChI=1S/C28H27N3O2/c1-4-18-13-15-19(16-14-18)29-27(32)25-21-10-5-6-11-22(21)28(33)31(3)26(25)23-17-30(2)24-12-8-7-9-20(23)24/h5-17,25-26H,4H2,1-3H3,(H,29,32). The lowest BCUT2D eigenvalue weighted by molar-refractivity contribution is -0.119. The van der Waals surface area contributed by atoms with Crippen LogP contribution in [0.5, 0.6) is 0 Å². The van der Waals surface area contributed by atoms with Gasteiger partial charge in [-0.1, -0.05) is 55.5 Å². The van der Waals surface area contributed by atoms with Gasteiger partial charge in [-0.2, -0.15) is 0 Å². The fraction of sp³-hybridized carbons (Fsp3) is 0.214. The first-order valence-corrected chi connectivity index (χ1v) is 11.3. The summed E-state index contributed by atoms with van der Waals surface area (Å²) < 4.78 is 2.06. The van der Waals surface area contributed by atoms with Crippen LogP contribution < -0.4 is 5.32 Å². The molecule has 4 aromatic rings. The number of aromatic nitrogens is 1. The van der Waals surface area contributed by atoms with Gasteiger partial charge in [-0.05, 0) is 41.8 Å². The first kappa shape index (κ1) is 21.0. The van der Waals surface area contributed by atoms with Crippen LogP contribution >= 0.6 is 0 Å². The van der Waals surface area contributed by atoms with Crippen molar-refractivity contribution in [3.05, 3.63) is 101 Å². The number of carbonyl (C=O) groups excluding carboxylic acids is 2. The molecule has 3 aromatic carbocycles. The van der Waals surface area contributed by atoms with Gasteiger partial charge in [-0.15, -0.1) is 0 Å². The van der Waals surface area contributed by atoms with E-state index in [0.717, 1.165) is 34.1 Å². The van der Waals surface area contributed by atoms with Crippen LogP contribution in [0, 0.1) is 0 Å². The Kier molecular flexibility index (Phi) is 5.25. The SMILES string of the molecule is CCc1ccc(NC(=O)C2c3ccccc3C(=O)N(C)C2c2cn(C)c3ccccc23)cc1. The van der Waals surface area contributed by atoms with Crippen molar-refractivity contribution in [2.45, 2.75) is 25.3 Å². The van der Waals surface area contributed by atoms with Gasteiger partial charge in [0.2, 0.25) is 5.91 Å². The van der Waals surface area contributed by atoms with Crippen molar-refractivity contribution in [2.75, 3.05) is 12.4 Å². The molecule has 0 radical (unpaired) electrons. The highest BCUT2D eigenvalue weighted by Crippen LogP contribution is 2.44. The normalized spacial score (nSPS) is 17.8. The molecule has 0 fully saturated rings. The van der Waals surface area contributed by atoms with Crippen LogP contribution in [-0.4, -0.2) is 28.3 Å². The molecule has 0 aliphatic carbocycles. The summed E-state index contributed by atoms with van der Waals surface area (Å²) in [6.45, 7) is 2.11. The second kappa shape index (κ2) is 8.24. The number of anilines is 1. The number of hydrogen-bond donors (Lipinski definition) is 1. The molecule has 1 N–H and O–H groups in total. The Morgan fingerprint density at radius 2 is 1.61 bits per heavy atom. The Morgan fingerprint density at radius 3 is 2.36 bits per heavy atom. The molecule has 0 spiro atoms. The van der Waals surface area contributed by atoms with E-state index in [1.165, 1.54) is 5.56 Å². The van der Waals surface area contributed by atoms with Gasteiger partial charge in [0.1, 0.15) is 0 Å². The minimum atomic E-state index is -0.541. The molecule has 2 atom stereocenters. The number of carbonyl (C=O) groups is 2. The molecule has 166 valence electrons. The highest BCUT2D eigenvalue weighted by Gasteiger charge is 2.43. The predicted molar refractivity (Wildman–Crippen MR) is 131 cm³/mol. The van der Waals surface area contributed by atoms with Crippen LogP contribution in [0.2, 0.25) is 0 Å². The number of likely N-dealkylation sites (N-methyl/N-ethyl adjacent to an activating group) is 1. The molecule has 0 saturated heterocycles. The molecule has 5 nitrogen and oxygen atoms in total.